The van der Waals surface area contributed by atoms with Crippen molar-refractivity contribution in [3.05, 3.63) is 86.1 Å². The standard InChI is InChI=1S/C21H17N5O2S/c1-13-19(17-7-4-10-29-17)24-26-18(27)11-14(23-20(13)26)8-9-25-12-22-16-6-3-2-5-15(16)21(25)28/h2-7,10-12,24H,8-9H2,1H3. The molecule has 0 atom stereocenters. The lowest BCUT2D eigenvalue weighted by Crippen LogP contribution is -2.22. The van der Waals surface area contributed by atoms with Crippen molar-refractivity contribution in [2.75, 3.05) is 0 Å². The number of aromatic amines is 1. The second-order valence-corrected chi connectivity index (χ2v) is 7.79. The van der Waals surface area contributed by atoms with Crippen LogP contribution in [-0.2, 0) is 13.0 Å². The summed E-state index contributed by atoms with van der Waals surface area (Å²) in [6.07, 6.45) is 2.01. The van der Waals surface area contributed by atoms with E-state index in [4.69, 9.17) is 0 Å². The number of H-pyrrole nitrogens is 1. The third-order valence-corrected chi connectivity index (χ3v) is 5.90. The van der Waals surface area contributed by atoms with E-state index in [0.717, 1.165) is 16.1 Å². The summed E-state index contributed by atoms with van der Waals surface area (Å²) in [5.74, 6) is 0. The highest BCUT2D eigenvalue weighted by atomic mass is 32.1. The van der Waals surface area contributed by atoms with Gasteiger partial charge in [-0.1, -0.05) is 18.2 Å². The molecule has 0 unspecified atom stereocenters. The molecule has 4 aromatic heterocycles. The van der Waals surface area contributed by atoms with Gasteiger partial charge < -0.3 is 0 Å². The predicted molar refractivity (Wildman–Crippen MR) is 114 cm³/mol. The van der Waals surface area contributed by atoms with Crippen molar-refractivity contribution >= 4 is 27.9 Å². The van der Waals surface area contributed by atoms with Crippen LogP contribution in [0.1, 0.15) is 11.3 Å². The lowest BCUT2D eigenvalue weighted by Gasteiger charge is -2.06. The number of thiophene rings is 1. The molecule has 8 heteroatoms. The molecule has 144 valence electrons. The number of para-hydroxylation sites is 1. The molecule has 5 rings (SSSR count). The number of hydrogen-bond acceptors (Lipinski definition) is 5. The van der Waals surface area contributed by atoms with Crippen LogP contribution in [0.15, 0.2) is 63.8 Å². The maximum atomic E-state index is 12.7. The first kappa shape index (κ1) is 17.6. The van der Waals surface area contributed by atoms with Crippen molar-refractivity contribution in [1.82, 2.24) is 24.1 Å². The Morgan fingerprint density at radius 2 is 2.00 bits per heavy atom. The fourth-order valence-corrected chi connectivity index (χ4v) is 4.26. The molecule has 5 aromatic rings. The first-order valence-electron chi connectivity index (χ1n) is 9.21. The Morgan fingerprint density at radius 1 is 1.14 bits per heavy atom. The van der Waals surface area contributed by atoms with Gasteiger partial charge in [-0.15, -0.1) is 11.3 Å². The molecule has 0 saturated heterocycles. The average Bonchev–Trinajstić information content (AvgIpc) is 3.37. The maximum Gasteiger partial charge on any atom is 0.272 e. The second-order valence-electron chi connectivity index (χ2n) is 6.84. The number of aromatic nitrogens is 5. The molecule has 0 amide bonds. The summed E-state index contributed by atoms with van der Waals surface area (Å²) >= 11 is 1.61. The normalized spacial score (nSPS) is 11.5. The van der Waals surface area contributed by atoms with Crippen LogP contribution < -0.4 is 11.1 Å². The predicted octanol–water partition coefficient (Wildman–Crippen LogP) is 3.01. The first-order valence-corrected chi connectivity index (χ1v) is 10.1. The Hall–Kier alpha value is -3.52. The summed E-state index contributed by atoms with van der Waals surface area (Å²) in [5, 5.41) is 5.73. The highest BCUT2D eigenvalue weighted by Crippen LogP contribution is 2.27. The monoisotopic (exact) mass is 403 g/mol. The lowest BCUT2D eigenvalue weighted by molar-refractivity contribution is 0.652. The van der Waals surface area contributed by atoms with Crippen molar-refractivity contribution in [3.63, 3.8) is 0 Å². The van der Waals surface area contributed by atoms with E-state index in [2.05, 4.69) is 15.1 Å². The van der Waals surface area contributed by atoms with E-state index >= 15 is 0 Å². The van der Waals surface area contributed by atoms with Crippen molar-refractivity contribution in [2.24, 2.45) is 0 Å². The topological polar surface area (TPSA) is 85.0 Å². The fraction of sp³-hybridized carbons (Fsp3) is 0.143. The van der Waals surface area contributed by atoms with E-state index in [1.54, 1.807) is 28.3 Å². The third kappa shape index (κ3) is 2.98. The number of hydrogen-bond donors (Lipinski definition) is 1. The molecule has 0 aliphatic rings. The Kier molecular flexibility index (Phi) is 4.13. The van der Waals surface area contributed by atoms with Crippen LogP contribution in [-0.4, -0.2) is 24.1 Å². The largest absolute Gasteiger partial charge is 0.298 e. The van der Waals surface area contributed by atoms with Crippen molar-refractivity contribution < 1.29 is 0 Å². The molecular weight excluding hydrogens is 386 g/mol. The van der Waals surface area contributed by atoms with E-state index in [0.29, 0.717) is 35.2 Å². The van der Waals surface area contributed by atoms with Crippen LogP contribution in [0.2, 0.25) is 0 Å². The fourth-order valence-electron chi connectivity index (χ4n) is 3.49. The SMILES string of the molecule is Cc1c(-c2cccs2)[nH]n2c(=O)cc(CCn3cnc4ccccc4c3=O)nc12. The summed E-state index contributed by atoms with van der Waals surface area (Å²) in [5.41, 5.74) is 3.50. The van der Waals surface area contributed by atoms with E-state index in [1.807, 2.05) is 42.6 Å². The number of nitrogens with zero attached hydrogens (tertiary/aromatic N) is 4. The van der Waals surface area contributed by atoms with Gasteiger partial charge in [-0.25, -0.2) is 14.5 Å². The molecule has 1 aromatic carbocycles. The Morgan fingerprint density at radius 3 is 2.83 bits per heavy atom. The zero-order chi connectivity index (χ0) is 20.0. The van der Waals surface area contributed by atoms with Gasteiger partial charge in [-0.3, -0.25) is 19.3 Å². The lowest BCUT2D eigenvalue weighted by atomic mass is 10.2. The summed E-state index contributed by atoms with van der Waals surface area (Å²) in [6.45, 7) is 2.36. The number of nitrogens with one attached hydrogen (secondary N) is 1. The summed E-state index contributed by atoms with van der Waals surface area (Å²) in [6, 6.07) is 12.8. The van der Waals surface area contributed by atoms with Crippen LogP contribution >= 0.6 is 11.3 Å². The average molecular weight is 403 g/mol. The summed E-state index contributed by atoms with van der Waals surface area (Å²) in [7, 11) is 0. The molecular formula is C21H17N5O2S. The Balaban J connectivity index is 1.50. The molecule has 0 fully saturated rings. The number of benzene rings is 1. The van der Waals surface area contributed by atoms with Gasteiger partial charge in [0.2, 0.25) is 0 Å². The molecule has 29 heavy (non-hydrogen) atoms. The summed E-state index contributed by atoms with van der Waals surface area (Å²) in [4.78, 5) is 35.3. The van der Waals surface area contributed by atoms with Crippen LogP contribution in [0.4, 0.5) is 0 Å². The minimum Gasteiger partial charge on any atom is -0.298 e. The number of rotatable bonds is 4. The molecule has 0 spiro atoms. The zero-order valence-corrected chi connectivity index (χ0v) is 16.4. The van der Waals surface area contributed by atoms with E-state index < -0.39 is 0 Å². The van der Waals surface area contributed by atoms with Crippen LogP contribution in [0.25, 0.3) is 27.1 Å². The smallest absolute Gasteiger partial charge is 0.272 e. The molecule has 0 aliphatic heterocycles. The van der Waals surface area contributed by atoms with E-state index in [9.17, 15) is 9.59 Å². The Labute approximate surface area is 168 Å². The van der Waals surface area contributed by atoms with Crippen LogP contribution in [0, 0.1) is 6.92 Å². The highest BCUT2D eigenvalue weighted by Gasteiger charge is 2.14. The summed E-state index contributed by atoms with van der Waals surface area (Å²) < 4.78 is 3.03. The second kappa shape index (κ2) is 6.82. The first-order chi connectivity index (χ1) is 14.1. The molecule has 0 bridgehead atoms. The molecule has 1 N–H and O–H groups in total. The van der Waals surface area contributed by atoms with Crippen LogP contribution in [0.5, 0.6) is 0 Å². The van der Waals surface area contributed by atoms with Crippen molar-refractivity contribution in [3.8, 4) is 10.6 Å². The zero-order valence-electron chi connectivity index (χ0n) is 15.6. The van der Waals surface area contributed by atoms with Gasteiger partial charge in [0.15, 0.2) is 5.65 Å². The minimum absolute atomic E-state index is 0.0915. The van der Waals surface area contributed by atoms with Crippen LogP contribution in [0.3, 0.4) is 0 Å². The maximum absolute atomic E-state index is 12.7. The number of fused-ring (bicyclic) bond motifs is 2. The minimum atomic E-state index is -0.167. The van der Waals surface area contributed by atoms with Gasteiger partial charge in [0.1, 0.15) is 0 Å². The van der Waals surface area contributed by atoms with Gasteiger partial charge in [0.25, 0.3) is 11.1 Å². The van der Waals surface area contributed by atoms with Crippen molar-refractivity contribution in [1.29, 1.82) is 0 Å². The molecule has 0 aliphatic carbocycles. The van der Waals surface area contributed by atoms with E-state index in [1.165, 1.54) is 10.6 Å². The molecule has 7 nitrogen and oxygen atoms in total. The number of aryl methyl sites for hydroxylation is 3. The highest BCUT2D eigenvalue weighted by molar-refractivity contribution is 7.13. The quantitative estimate of drug-likeness (QED) is 0.500. The van der Waals surface area contributed by atoms with Gasteiger partial charge in [-0.2, -0.15) is 0 Å². The van der Waals surface area contributed by atoms with E-state index in [-0.39, 0.29) is 11.1 Å². The Bertz CT molecular complexity index is 1460. The molecule has 0 saturated carbocycles. The molecule has 4 heterocycles. The van der Waals surface area contributed by atoms with Crippen molar-refractivity contribution in [2.45, 2.75) is 19.9 Å². The third-order valence-electron chi connectivity index (χ3n) is 5.01. The van der Waals surface area contributed by atoms with Gasteiger partial charge in [0.05, 0.1) is 33.5 Å². The van der Waals surface area contributed by atoms with Gasteiger partial charge in [0, 0.05) is 24.6 Å². The molecule has 0 radical (unpaired) electrons. The van der Waals surface area contributed by atoms with Gasteiger partial charge in [-0.05, 0) is 30.5 Å². The van der Waals surface area contributed by atoms with Gasteiger partial charge >= 0.3 is 0 Å².